The molecule has 0 aliphatic heterocycles. The van der Waals surface area contributed by atoms with Crippen LogP contribution in [-0.2, 0) is 9.53 Å². The van der Waals surface area contributed by atoms with Crippen LogP contribution in [0.5, 0.6) is 0 Å². The van der Waals surface area contributed by atoms with Gasteiger partial charge in [0, 0.05) is 12.5 Å². The van der Waals surface area contributed by atoms with Gasteiger partial charge in [0.15, 0.2) is 0 Å². The second-order valence-corrected chi connectivity index (χ2v) is 8.41. The summed E-state index contributed by atoms with van der Waals surface area (Å²) in [6, 6.07) is 16.4. The van der Waals surface area contributed by atoms with Crippen molar-refractivity contribution in [2.45, 2.75) is 44.4 Å². The molecule has 5 nitrogen and oxygen atoms in total. The zero-order valence-corrected chi connectivity index (χ0v) is 17.3. The highest BCUT2D eigenvalue weighted by Crippen LogP contribution is 2.44. The molecular formula is C25H29NO4. The first kappa shape index (κ1) is 20.5. The zero-order valence-electron chi connectivity index (χ0n) is 17.3. The molecule has 2 aliphatic carbocycles. The number of carboxylic acid groups (broad SMARTS) is 1. The molecular weight excluding hydrogens is 378 g/mol. The fourth-order valence-electron chi connectivity index (χ4n) is 4.90. The molecule has 1 N–H and O–H groups in total. The number of carboxylic acids is 1. The third kappa shape index (κ3) is 4.50. The molecule has 1 fully saturated rings. The van der Waals surface area contributed by atoms with E-state index in [2.05, 4.69) is 24.3 Å². The van der Waals surface area contributed by atoms with Gasteiger partial charge in [0.05, 0.1) is 0 Å². The van der Waals surface area contributed by atoms with Crippen molar-refractivity contribution >= 4 is 12.1 Å². The molecule has 0 aromatic heterocycles. The summed E-state index contributed by atoms with van der Waals surface area (Å²) in [6.07, 6.45) is 6.40. The molecule has 158 valence electrons. The maximum Gasteiger partial charge on any atom is 0.410 e. The first-order valence-electron chi connectivity index (χ1n) is 10.9. The van der Waals surface area contributed by atoms with Gasteiger partial charge in [-0.25, -0.2) is 4.79 Å². The summed E-state index contributed by atoms with van der Waals surface area (Å²) in [5.41, 5.74) is 4.65. The number of fused-ring (bicyclic) bond motifs is 3. The first-order valence-corrected chi connectivity index (χ1v) is 10.9. The number of hydrogen-bond donors (Lipinski definition) is 1. The average molecular weight is 408 g/mol. The molecule has 5 heteroatoms. The topological polar surface area (TPSA) is 66.8 Å². The van der Waals surface area contributed by atoms with Gasteiger partial charge in [-0.15, -0.1) is 0 Å². The molecule has 0 unspecified atom stereocenters. The van der Waals surface area contributed by atoms with Gasteiger partial charge in [-0.1, -0.05) is 80.6 Å². The van der Waals surface area contributed by atoms with Crippen LogP contribution < -0.4 is 0 Å². The van der Waals surface area contributed by atoms with E-state index < -0.39 is 12.1 Å². The Morgan fingerprint density at radius 1 is 0.933 bits per heavy atom. The van der Waals surface area contributed by atoms with Crippen molar-refractivity contribution in [3.8, 4) is 11.1 Å². The monoisotopic (exact) mass is 407 g/mol. The molecule has 0 bridgehead atoms. The molecule has 2 aliphatic rings. The van der Waals surface area contributed by atoms with Gasteiger partial charge in [0.2, 0.25) is 0 Å². The zero-order chi connectivity index (χ0) is 20.9. The van der Waals surface area contributed by atoms with Crippen molar-refractivity contribution in [2.24, 2.45) is 5.92 Å². The van der Waals surface area contributed by atoms with Crippen molar-refractivity contribution in [3.05, 3.63) is 59.7 Å². The number of amides is 1. The van der Waals surface area contributed by atoms with Crippen LogP contribution in [0.1, 0.15) is 55.6 Å². The number of benzene rings is 2. The Morgan fingerprint density at radius 2 is 1.53 bits per heavy atom. The van der Waals surface area contributed by atoms with Crippen LogP contribution in [0.4, 0.5) is 4.79 Å². The number of rotatable bonds is 7. The Balaban J connectivity index is 1.42. The highest BCUT2D eigenvalue weighted by molar-refractivity contribution is 5.79. The minimum Gasteiger partial charge on any atom is -0.480 e. The molecule has 0 spiro atoms. The van der Waals surface area contributed by atoms with Crippen molar-refractivity contribution in [2.75, 3.05) is 19.7 Å². The largest absolute Gasteiger partial charge is 0.480 e. The summed E-state index contributed by atoms with van der Waals surface area (Å²) in [5.74, 6) is -0.449. The first-order chi connectivity index (χ1) is 14.6. The smallest absolute Gasteiger partial charge is 0.410 e. The summed E-state index contributed by atoms with van der Waals surface area (Å²) in [5, 5.41) is 9.26. The van der Waals surface area contributed by atoms with Gasteiger partial charge in [-0.05, 0) is 34.6 Å². The second kappa shape index (κ2) is 9.33. The van der Waals surface area contributed by atoms with Crippen LogP contribution in [0.25, 0.3) is 11.1 Å². The Hall–Kier alpha value is -2.82. The average Bonchev–Trinajstić information content (AvgIpc) is 3.09. The van der Waals surface area contributed by atoms with Gasteiger partial charge in [-0.3, -0.25) is 9.69 Å². The summed E-state index contributed by atoms with van der Waals surface area (Å²) in [6.45, 7) is 0.337. The van der Waals surface area contributed by atoms with E-state index in [1.165, 1.54) is 48.1 Å². The quantitative estimate of drug-likeness (QED) is 0.677. The highest BCUT2D eigenvalue weighted by atomic mass is 16.6. The third-order valence-corrected chi connectivity index (χ3v) is 6.45. The van der Waals surface area contributed by atoms with Crippen LogP contribution in [0.2, 0.25) is 0 Å². The summed E-state index contributed by atoms with van der Waals surface area (Å²) < 4.78 is 5.67. The van der Waals surface area contributed by atoms with Crippen molar-refractivity contribution in [3.63, 3.8) is 0 Å². The molecule has 4 rings (SSSR count). The van der Waals surface area contributed by atoms with Gasteiger partial charge in [-0.2, -0.15) is 0 Å². The number of ether oxygens (including phenoxy) is 1. The lowest BCUT2D eigenvalue weighted by Crippen LogP contribution is -2.38. The Morgan fingerprint density at radius 3 is 2.13 bits per heavy atom. The van der Waals surface area contributed by atoms with Crippen molar-refractivity contribution in [1.82, 2.24) is 4.90 Å². The fraction of sp³-hybridized carbons (Fsp3) is 0.440. The summed E-state index contributed by atoms with van der Waals surface area (Å²) in [7, 11) is 0. The van der Waals surface area contributed by atoms with E-state index in [1.807, 2.05) is 24.3 Å². The van der Waals surface area contributed by atoms with Gasteiger partial charge >= 0.3 is 12.1 Å². The van der Waals surface area contributed by atoms with Crippen LogP contribution in [0.3, 0.4) is 0 Å². The van der Waals surface area contributed by atoms with E-state index in [9.17, 15) is 14.7 Å². The molecule has 0 atom stereocenters. The maximum atomic E-state index is 12.8. The normalized spacial score (nSPS) is 16.0. The SMILES string of the molecule is O=C(O)CN(CCC1CCCCC1)C(=O)OCC1c2ccccc2-c2ccccc21. The number of hydrogen-bond acceptors (Lipinski definition) is 3. The molecule has 2 aromatic carbocycles. The Labute approximate surface area is 177 Å². The summed E-state index contributed by atoms with van der Waals surface area (Å²) >= 11 is 0. The molecule has 1 amide bonds. The lowest BCUT2D eigenvalue weighted by atomic mass is 9.87. The van der Waals surface area contributed by atoms with Gasteiger partial charge in [0.25, 0.3) is 0 Å². The number of aliphatic carboxylic acids is 1. The minimum atomic E-state index is -1.01. The van der Waals surface area contributed by atoms with Crippen LogP contribution in [0, 0.1) is 5.92 Å². The van der Waals surface area contributed by atoms with Crippen molar-refractivity contribution < 1.29 is 19.4 Å². The predicted octanol–water partition coefficient (Wildman–Crippen LogP) is 5.29. The van der Waals surface area contributed by atoms with Crippen LogP contribution in [0.15, 0.2) is 48.5 Å². The van der Waals surface area contributed by atoms with Crippen LogP contribution >= 0.6 is 0 Å². The van der Waals surface area contributed by atoms with Crippen molar-refractivity contribution in [1.29, 1.82) is 0 Å². The molecule has 30 heavy (non-hydrogen) atoms. The van der Waals surface area contributed by atoms with E-state index >= 15 is 0 Å². The van der Waals surface area contributed by atoms with E-state index in [0.29, 0.717) is 12.5 Å². The minimum absolute atomic E-state index is 0.0219. The molecule has 0 radical (unpaired) electrons. The summed E-state index contributed by atoms with van der Waals surface area (Å²) in [4.78, 5) is 25.4. The van der Waals surface area contributed by atoms with E-state index in [4.69, 9.17) is 4.74 Å². The second-order valence-electron chi connectivity index (χ2n) is 8.41. The van der Waals surface area contributed by atoms with E-state index in [-0.39, 0.29) is 19.1 Å². The lowest BCUT2D eigenvalue weighted by molar-refractivity contribution is -0.138. The highest BCUT2D eigenvalue weighted by Gasteiger charge is 2.30. The molecule has 0 heterocycles. The fourth-order valence-corrected chi connectivity index (χ4v) is 4.90. The molecule has 0 saturated heterocycles. The molecule has 2 aromatic rings. The van der Waals surface area contributed by atoms with Gasteiger partial charge in [0.1, 0.15) is 13.2 Å². The van der Waals surface area contributed by atoms with E-state index in [0.717, 1.165) is 17.5 Å². The number of carbonyl (C=O) groups is 2. The standard InChI is InChI=1S/C25H29NO4/c27-24(28)16-26(15-14-18-8-2-1-3-9-18)25(29)30-17-23-21-12-6-4-10-19(21)20-11-5-7-13-22(20)23/h4-7,10-13,18,23H,1-3,8-9,14-17H2,(H,27,28). The van der Waals surface area contributed by atoms with Crippen LogP contribution in [-0.4, -0.2) is 41.8 Å². The maximum absolute atomic E-state index is 12.8. The van der Waals surface area contributed by atoms with E-state index in [1.54, 1.807) is 0 Å². The Bertz CT molecular complexity index is 858. The molecule has 1 saturated carbocycles. The number of nitrogens with zero attached hydrogens (tertiary/aromatic N) is 1. The third-order valence-electron chi connectivity index (χ3n) is 6.45. The number of carbonyl (C=O) groups excluding carboxylic acids is 1. The lowest BCUT2D eigenvalue weighted by Gasteiger charge is -2.26. The Kier molecular flexibility index (Phi) is 6.36. The predicted molar refractivity (Wildman–Crippen MR) is 115 cm³/mol. The van der Waals surface area contributed by atoms with Gasteiger partial charge < -0.3 is 9.84 Å².